The molecule has 1 saturated heterocycles. The lowest BCUT2D eigenvalue weighted by Crippen LogP contribution is -2.58. The molecular weight excluding hydrogens is 415 g/mol. The summed E-state index contributed by atoms with van der Waals surface area (Å²) in [6.07, 6.45) is 4.60. The molecule has 3 aromatic rings. The number of aromatic amines is 1. The number of ether oxygens (including phenoxy) is 2. The zero-order valence-electron chi connectivity index (χ0n) is 17.9. The summed E-state index contributed by atoms with van der Waals surface area (Å²) in [5, 5.41) is 13.4. The van der Waals surface area contributed by atoms with Gasteiger partial charge in [-0.15, -0.1) is 0 Å². The zero-order valence-corrected chi connectivity index (χ0v) is 17.9. The van der Waals surface area contributed by atoms with Crippen LogP contribution >= 0.6 is 0 Å². The van der Waals surface area contributed by atoms with Gasteiger partial charge in [0.25, 0.3) is 0 Å². The summed E-state index contributed by atoms with van der Waals surface area (Å²) in [6, 6.07) is 5.34. The maximum absolute atomic E-state index is 14.8. The number of hydrogen-bond acceptors (Lipinski definition) is 6. The minimum absolute atomic E-state index is 0.0707. The number of carbonyl (C=O) groups is 1. The number of nitrogens with zero attached hydrogens (tertiary/aromatic N) is 1. The van der Waals surface area contributed by atoms with Crippen LogP contribution in [0, 0.1) is 12.7 Å². The number of benzene rings is 1. The van der Waals surface area contributed by atoms with Crippen molar-refractivity contribution in [3.63, 3.8) is 0 Å². The van der Waals surface area contributed by atoms with Gasteiger partial charge in [0.05, 0.1) is 23.6 Å². The van der Waals surface area contributed by atoms with Gasteiger partial charge in [-0.2, -0.15) is 0 Å². The molecule has 0 bridgehead atoms. The highest BCUT2D eigenvalue weighted by Gasteiger charge is 2.34. The first-order chi connectivity index (χ1) is 15.4. The number of pyridine rings is 1. The molecule has 1 fully saturated rings. The van der Waals surface area contributed by atoms with E-state index in [-0.39, 0.29) is 24.7 Å². The fraction of sp³-hybridized carbons (Fsp3) is 0.391. The van der Waals surface area contributed by atoms with Crippen molar-refractivity contribution < 1.29 is 23.8 Å². The number of halogens is 1. The average Bonchev–Trinajstić information content (AvgIpc) is 3.18. The predicted molar refractivity (Wildman–Crippen MR) is 117 cm³/mol. The number of aliphatic hydroxyl groups excluding tert-OH is 1. The van der Waals surface area contributed by atoms with Gasteiger partial charge in [0, 0.05) is 25.6 Å². The fourth-order valence-corrected chi connectivity index (χ4v) is 3.93. The molecule has 9 heteroatoms. The Morgan fingerprint density at radius 1 is 1.38 bits per heavy atom. The Labute approximate surface area is 184 Å². The van der Waals surface area contributed by atoms with Crippen molar-refractivity contribution in [3.05, 3.63) is 53.6 Å². The summed E-state index contributed by atoms with van der Waals surface area (Å²) in [7, 11) is 0. The number of rotatable bonds is 7. The van der Waals surface area contributed by atoms with Crippen LogP contribution in [0.3, 0.4) is 0 Å². The summed E-state index contributed by atoms with van der Waals surface area (Å²) in [6.45, 7) is 2.67. The Morgan fingerprint density at radius 2 is 2.16 bits per heavy atom. The Bertz CT molecular complexity index is 1110. The molecule has 0 saturated carbocycles. The molecule has 1 aliphatic rings. The number of fused-ring (bicyclic) bond motifs is 1. The first-order valence-electron chi connectivity index (χ1n) is 10.6. The van der Waals surface area contributed by atoms with Gasteiger partial charge < -0.3 is 30.6 Å². The molecule has 8 nitrogen and oxygen atoms in total. The third-order valence-electron chi connectivity index (χ3n) is 5.88. The van der Waals surface area contributed by atoms with Crippen molar-refractivity contribution in [3.8, 4) is 11.5 Å². The van der Waals surface area contributed by atoms with Crippen molar-refractivity contribution in [2.75, 3.05) is 19.8 Å². The van der Waals surface area contributed by atoms with E-state index in [4.69, 9.17) is 15.2 Å². The minimum atomic E-state index is -0.880. The van der Waals surface area contributed by atoms with Crippen molar-refractivity contribution in [2.45, 2.75) is 37.8 Å². The molecule has 1 aliphatic heterocycles. The topological polar surface area (TPSA) is 122 Å². The monoisotopic (exact) mass is 442 g/mol. The number of hydrogen-bond donors (Lipinski definition) is 4. The van der Waals surface area contributed by atoms with E-state index in [1.54, 1.807) is 18.3 Å². The molecule has 170 valence electrons. The number of amides is 1. The van der Waals surface area contributed by atoms with Crippen LogP contribution in [0.5, 0.6) is 11.5 Å². The van der Waals surface area contributed by atoms with E-state index in [9.17, 15) is 14.3 Å². The van der Waals surface area contributed by atoms with E-state index in [1.165, 1.54) is 12.1 Å². The molecule has 0 radical (unpaired) electrons. The third-order valence-corrected chi connectivity index (χ3v) is 5.88. The second-order valence-electron chi connectivity index (χ2n) is 8.22. The van der Waals surface area contributed by atoms with Crippen molar-refractivity contribution in [2.24, 2.45) is 5.73 Å². The minimum Gasteiger partial charge on any atom is -0.453 e. The number of carbonyl (C=O) groups excluding carboxylic acids is 1. The highest BCUT2D eigenvalue weighted by Crippen LogP contribution is 2.32. The number of aromatic nitrogens is 2. The van der Waals surface area contributed by atoms with Crippen molar-refractivity contribution >= 4 is 16.9 Å². The number of nitrogens with two attached hydrogens (primary N) is 1. The molecule has 5 N–H and O–H groups in total. The largest absolute Gasteiger partial charge is 0.453 e. The van der Waals surface area contributed by atoms with Crippen LogP contribution in [0.4, 0.5) is 4.39 Å². The third kappa shape index (κ3) is 4.59. The van der Waals surface area contributed by atoms with Crippen molar-refractivity contribution in [1.29, 1.82) is 0 Å². The first-order valence-corrected chi connectivity index (χ1v) is 10.6. The van der Waals surface area contributed by atoms with Crippen LogP contribution in [-0.4, -0.2) is 52.4 Å². The van der Waals surface area contributed by atoms with Crippen LogP contribution in [0.1, 0.15) is 24.0 Å². The first kappa shape index (κ1) is 22.2. The second kappa shape index (κ2) is 9.23. The van der Waals surface area contributed by atoms with Crippen LogP contribution in [0.25, 0.3) is 11.0 Å². The average molecular weight is 442 g/mol. The predicted octanol–water partition coefficient (Wildman–Crippen LogP) is 2.33. The smallest absolute Gasteiger partial charge is 0.237 e. The van der Waals surface area contributed by atoms with E-state index < -0.39 is 17.4 Å². The van der Waals surface area contributed by atoms with Gasteiger partial charge in [0.1, 0.15) is 11.4 Å². The molecular formula is C23H27FN4O4. The highest BCUT2D eigenvalue weighted by molar-refractivity contribution is 5.86. The van der Waals surface area contributed by atoms with Crippen molar-refractivity contribution in [1.82, 2.24) is 15.3 Å². The molecule has 3 heterocycles. The number of H-pyrrole nitrogens is 1. The lowest BCUT2D eigenvalue weighted by molar-refractivity contribution is -0.126. The standard InChI is InChI=1S/C23H27FN4O4/c1-14-12-27-21-20(14)19(4-7-26-21)32-18-3-2-15(10-16(18)24)11-17(25)22(30)28-23(13-29)5-8-31-9-6-23/h2-4,7,10,12,17,29H,5-6,8-9,11,13,25H2,1H3,(H,26,27)(H,28,30)/t17-/m0/s1. The molecule has 32 heavy (non-hydrogen) atoms. The highest BCUT2D eigenvalue weighted by atomic mass is 19.1. The molecule has 0 spiro atoms. The van der Waals surface area contributed by atoms with E-state index in [2.05, 4.69) is 15.3 Å². The molecule has 0 aliphatic carbocycles. The van der Waals surface area contributed by atoms with E-state index >= 15 is 0 Å². The molecule has 1 aromatic carbocycles. The van der Waals surface area contributed by atoms with Gasteiger partial charge in [-0.25, -0.2) is 9.37 Å². The van der Waals surface area contributed by atoms with Gasteiger partial charge in [-0.3, -0.25) is 4.79 Å². The van der Waals surface area contributed by atoms with Gasteiger partial charge in [0.2, 0.25) is 5.91 Å². The summed E-state index contributed by atoms with van der Waals surface area (Å²) in [5.41, 5.74) is 7.53. The van der Waals surface area contributed by atoms with Gasteiger partial charge >= 0.3 is 0 Å². The van der Waals surface area contributed by atoms with Gasteiger partial charge in [-0.1, -0.05) is 6.07 Å². The molecule has 1 atom stereocenters. The number of aliphatic hydroxyl groups is 1. The van der Waals surface area contributed by atoms with E-state index in [0.29, 0.717) is 43.0 Å². The molecule has 2 aromatic heterocycles. The molecule has 1 amide bonds. The fourth-order valence-electron chi connectivity index (χ4n) is 3.93. The maximum Gasteiger partial charge on any atom is 0.237 e. The SMILES string of the molecule is Cc1c[nH]c2nccc(Oc3ccc(C[C@H](N)C(=O)NC4(CO)CCOCC4)cc3F)c12. The summed E-state index contributed by atoms with van der Waals surface area (Å²) >= 11 is 0. The number of nitrogens with one attached hydrogen (secondary N) is 2. The lowest BCUT2D eigenvalue weighted by Gasteiger charge is -2.37. The van der Waals surface area contributed by atoms with E-state index in [0.717, 1.165) is 10.9 Å². The Morgan fingerprint density at radius 3 is 2.88 bits per heavy atom. The summed E-state index contributed by atoms with van der Waals surface area (Å²) < 4.78 is 25.9. The Hall–Kier alpha value is -3.01. The lowest BCUT2D eigenvalue weighted by atomic mass is 9.90. The van der Waals surface area contributed by atoms with Crippen LogP contribution in [0.15, 0.2) is 36.7 Å². The Kier molecular flexibility index (Phi) is 6.40. The quantitative estimate of drug-likeness (QED) is 0.445. The summed E-state index contributed by atoms with van der Waals surface area (Å²) in [4.78, 5) is 19.9. The van der Waals surface area contributed by atoms with E-state index in [1.807, 2.05) is 13.1 Å². The zero-order chi connectivity index (χ0) is 22.7. The van der Waals surface area contributed by atoms with Crippen LogP contribution in [0.2, 0.25) is 0 Å². The normalized spacial score (nSPS) is 16.6. The summed E-state index contributed by atoms with van der Waals surface area (Å²) in [5.74, 6) is -0.364. The van der Waals surface area contributed by atoms with Crippen LogP contribution < -0.4 is 15.8 Å². The second-order valence-corrected chi connectivity index (χ2v) is 8.22. The maximum atomic E-state index is 14.8. The number of aryl methyl sites for hydroxylation is 1. The molecule has 4 rings (SSSR count). The van der Waals surface area contributed by atoms with Gasteiger partial charge in [-0.05, 0) is 55.5 Å². The molecule has 0 unspecified atom stereocenters. The Balaban J connectivity index is 1.44. The van der Waals surface area contributed by atoms with Gasteiger partial charge in [0.15, 0.2) is 11.6 Å². The van der Waals surface area contributed by atoms with Crippen LogP contribution in [-0.2, 0) is 16.0 Å².